The maximum atomic E-state index is 5.22. The molecule has 0 amide bonds. The second-order valence-corrected chi connectivity index (χ2v) is 5.74. The smallest absolute Gasteiger partial charge is 0.118 e. The van der Waals surface area contributed by atoms with E-state index in [2.05, 4.69) is 78.9 Å². The van der Waals surface area contributed by atoms with Gasteiger partial charge in [-0.25, -0.2) is 0 Å². The molecule has 1 nitrogen and oxygen atoms in total. The van der Waals surface area contributed by atoms with E-state index in [1.54, 1.807) is 7.11 Å². The molecule has 0 fully saturated rings. The van der Waals surface area contributed by atoms with Crippen molar-refractivity contribution >= 4 is 5.57 Å². The molecule has 0 aromatic heterocycles. The van der Waals surface area contributed by atoms with Gasteiger partial charge in [0.05, 0.1) is 7.11 Å². The van der Waals surface area contributed by atoms with Crippen molar-refractivity contribution in [3.8, 4) is 5.75 Å². The fourth-order valence-electron chi connectivity index (χ4n) is 2.81. The SMILES string of the molecule is COc1ccc(CCC=C(c2ccccc2)c2ccccc2)cc1. The van der Waals surface area contributed by atoms with Crippen LogP contribution in [-0.4, -0.2) is 7.11 Å². The van der Waals surface area contributed by atoms with Crippen LogP contribution in [0.25, 0.3) is 5.57 Å². The zero-order valence-corrected chi connectivity index (χ0v) is 14.0. The highest BCUT2D eigenvalue weighted by molar-refractivity contribution is 5.79. The highest BCUT2D eigenvalue weighted by Gasteiger charge is 2.04. The largest absolute Gasteiger partial charge is 0.497 e. The molecular weight excluding hydrogens is 292 g/mol. The Hall–Kier alpha value is -2.80. The van der Waals surface area contributed by atoms with Crippen LogP contribution in [0.2, 0.25) is 0 Å². The standard InChI is InChI=1S/C23H22O/c1-24-22-17-15-19(16-18-22)9-8-14-23(20-10-4-2-5-11-20)21-12-6-3-7-13-21/h2-7,10-18H,8-9H2,1H3. The fraction of sp³-hybridized carbons (Fsp3) is 0.130. The molecule has 120 valence electrons. The predicted molar refractivity (Wildman–Crippen MR) is 101 cm³/mol. The van der Waals surface area contributed by atoms with Crippen molar-refractivity contribution in [1.29, 1.82) is 0 Å². The minimum absolute atomic E-state index is 0.906. The van der Waals surface area contributed by atoms with Crippen molar-refractivity contribution in [2.24, 2.45) is 0 Å². The van der Waals surface area contributed by atoms with Crippen LogP contribution in [0, 0.1) is 0 Å². The maximum absolute atomic E-state index is 5.22. The quantitative estimate of drug-likeness (QED) is 0.562. The summed E-state index contributed by atoms with van der Waals surface area (Å²) in [7, 11) is 1.70. The van der Waals surface area contributed by atoms with E-state index in [1.807, 2.05) is 12.1 Å². The second-order valence-electron chi connectivity index (χ2n) is 5.74. The second kappa shape index (κ2) is 8.16. The van der Waals surface area contributed by atoms with Gasteiger partial charge in [-0.15, -0.1) is 0 Å². The minimum Gasteiger partial charge on any atom is -0.497 e. The van der Waals surface area contributed by atoms with Crippen molar-refractivity contribution in [3.05, 3.63) is 108 Å². The van der Waals surface area contributed by atoms with E-state index in [-0.39, 0.29) is 0 Å². The summed E-state index contributed by atoms with van der Waals surface area (Å²) in [5.74, 6) is 0.906. The van der Waals surface area contributed by atoms with Gasteiger partial charge < -0.3 is 4.74 Å². The Balaban J connectivity index is 1.79. The van der Waals surface area contributed by atoms with Crippen LogP contribution in [0.4, 0.5) is 0 Å². The van der Waals surface area contributed by atoms with Crippen molar-refractivity contribution < 1.29 is 4.74 Å². The van der Waals surface area contributed by atoms with Gasteiger partial charge in [-0.3, -0.25) is 0 Å². The third kappa shape index (κ3) is 4.14. The van der Waals surface area contributed by atoms with E-state index >= 15 is 0 Å². The van der Waals surface area contributed by atoms with E-state index in [9.17, 15) is 0 Å². The lowest BCUT2D eigenvalue weighted by Gasteiger charge is -2.09. The molecule has 0 unspecified atom stereocenters. The summed E-state index contributed by atoms with van der Waals surface area (Å²) in [6.07, 6.45) is 4.37. The molecule has 3 aromatic rings. The van der Waals surface area contributed by atoms with Gasteiger partial charge in [0.2, 0.25) is 0 Å². The highest BCUT2D eigenvalue weighted by atomic mass is 16.5. The first-order valence-electron chi connectivity index (χ1n) is 8.31. The van der Waals surface area contributed by atoms with Gasteiger partial charge in [0.1, 0.15) is 5.75 Å². The predicted octanol–water partition coefficient (Wildman–Crippen LogP) is 5.76. The van der Waals surface area contributed by atoms with Crippen LogP contribution in [0.5, 0.6) is 5.75 Å². The zero-order valence-electron chi connectivity index (χ0n) is 14.0. The third-order valence-corrected chi connectivity index (χ3v) is 4.11. The molecule has 0 aliphatic heterocycles. The van der Waals surface area contributed by atoms with E-state index in [1.165, 1.54) is 22.3 Å². The molecule has 0 radical (unpaired) electrons. The molecule has 0 N–H and O–H groups in total. The summed E-state index contributed by atoms with van der Waals surface area (Å²) < 4.78 is 5.22. The van der Waals surface area contributed by atoms with Crippen LogP contribution >= 0.6 is 0 Å². The lowest BCUT2D eigenvalue weighted by Crippen LogP contribution is -1.90. The topological polar surface area (TPSA) is 9.23 Å². The number of hydrogen-bond donors (Lipinski definition) is 0. The number of methoxy groups -OCH3 is 1. The Morgan fingerprint density at radius 2 is 1.29 bits per heavy atom. The van der Waals surface area contributed by atoms with Crippen LogP contribution in [0.3, 0.4) is 0 Å². The molecular formula is C23H22O. The van der Waals surface area contributed by atoms with Gasteiger partial charge in [0.25, 0.3) is 0 Å². The monoisotopic (exact) mass is 314 g/mol. The average molecular weight is 314 g/mol. The molecule has 0 saturated carbocycles. The summed E-state index contributed by atoms with van der Waals surface area (Å²) in [5.41, 5.74) is 5.15. The molecule has 24 heavy (non-hydrogen) atoms. The molecule has 0 atom stereocenters. The van der Waals surface area contributed by atoms with Crippen molar-refractivity contribution in [3.63, 3.8) is 0 Å². The Bertz CT molecular complexity index is 730. The molecule has 0 aliphatic rings. The van der Waals surface area contributed by atoms with E-state index < -0.39 is 0 Å². The van der Waals surface area contributed by atoms with Gasteiger partial charge in [-0.05, 0) is 47.2 Å². The van der Waals surface area contributed by atoms with E-state index in [0.717, 1.165) is 18.6 Å². The number of aryl methyl sites for hydroxylation is 1. The normalized spacial score (nSPS) is 10.2. The van der Waals surface area contributed by atoms with Gasteiger partial charge in [0.15, 0.2) is 0 Å². The lowest BCUT2D eigenvalue weighted by atomic mass is 9.96. The summed E-state index contributed by atoms with van der Waals surface area (Å²) in [6, 6.07) is 29.5. The summed E-state index contributed by atoms with van der Waals surface area (Å²) in [6.45, 7) is 0. The lowest BCUT2D eigenvalue weighted by molar-refractivity contribution is 0.414. The number of benzene rings is 3. The first kappa shape index (κ1) is 16.1. The van der Waals surface area contributed by atoms with Gasteiger partial charge in [-0.2, -0.15) is 0 Å². The number of hydrogen-bond acceptors (Lipinski definition) is 1. The molecule has 3 aromatic carbocycles. The van der Waals surface area contributed by atoms with Crippen LogP contribution in [0.15, 0.2) is 91.0 Å². The van der Waals surface area contributed by atoms with E-state index in [4.69, 9.17) is 4.74 Å². The van der Waals surface area contributed by atoms with Gasteiger partial charge in [-0.1, -0.05) is 78.9 Å². The zero-order chi connectivity index (χ0) is 16.6. The van der Waals surface area contributed by atoms with E-state index in [0.29, 0.717) is 0 Å². The van der Waals surface area contributed by atoms with Crippen LogP contribution in [-0.2, 0) is 6.42 Å². The molecule has 0 spiro atoms. The number of allylic oxidation sites excluding steroid dienone is 1. The third-order valence-electron chi connectivity index (χ3n) is 4.11. The van der Waals surface area contributed by atoms with Crippen molar-refractivity contribution in [1.82, 2.24) is 0 Å². The minimum atomic E-state index is 0.906. The highest BCUT2D eigenvalue weighted by Crippen LogP contribution is 2.24. The van der Waals surface area contributed by atoms with Crippen LogP contribution in [0.1, 0.15) is 23.1 Å². The van der Waals surface area contributed by atoms with Crippen molar-refractivity contribution in [2.45, 2.75) is 12.8 Å². The first-order valence-corrected chi connectivity index (χ1v) is 8.31. The van der Waals surface area contributed by atoms with Crippen LogP contribution < -0.4 is 4.74 Å². The summed E-state index contributed by atoms with van der Waals surface area (Å²) in [5, 5.41) is 0. The summed E-state index contributed by atoms with van der Waals surface area (Å²) >= 11 is 0. The maximum Gasteiger partial charge on any atom is 0.118 e. The Morgan fingerprint density at radius 1 is 0.750 bits per heavy atom. The average Bonchev–Trinajstić information content (AvgIpc) is 2.67. The molecule has 1 heteroatoms. The molecule has 0 aliphatic carbocycles. The summed E-state index contributed by atoms with van der Waals surface area (Å²) in [4.78, 5) is 0. The van der Waals surface area contributed by atoms with Gasteiger partial charge in [0, 0.05) is 0 Å². The molecule has 3 rings (SSSR count). The Morgan fingerprint density at radius 3 is 1.79 bits per heavy atom. The first-order chi connectivity index (χ1) is 11.9. The fourth-order valence-corrected chi connectivity index (χ4v) is 2.81. The van der Waals surface area contributed by atoms with Gasteiger partial charge >= 0.3 is 0 Å². The Kier molecular flexibility index (Phi) is 5.47. The molecule has 0 saturated heterocycles. The molecule has 0 bridgehead atoms. The number of rotatable bonds is 6. The van der Waals surface area contributed by atoms with Crippen molar-refractivity contribution in [2.75, 3.05) is 7.11 Å². The molecule has 0 heterocycles. The Labute approximate surface area is 144 Å². The number of ether oxygens (including phenoxy) is 1.